The van der Waals surface area contributed by atoms with Crippen LogP contribution >= 0.6 is 0 Å². The molecular weight excluding hydrogens is 296 g/mol. The topological polar surface area (TPSA) is 26.3 Å². The van der Waals surface area contributed by atoms with E-state index in [1.807, 2.05) is 0 Å². The van der Waals surface area contributed by atoms with Gasteiger partial charge in [0.25, 0.3) is 0 Å². The summed E-state index contributed by atoms with van der Waals surface area (Å²) in [5.41, 5.74) is 4.11. The molecule has 2 nitrogen and oxygen atoms in total. The Morgan fingerprint density at radius 1 is 1.42 bits per heavy atom. The highest BCUT2D eigenvalue weighted by Crippen LogP contribution is 2.60. The fourth-order valence-corrected chi connectivity index (χ4v) is 5.61. The van der Waals surface area contributed by atoms with Crippen LogP contribution in [0.2, 0.25) is 0 Å². The average molecular weight is 322 g/mol. The Labute approximate surface area is 144 Å². The highest BCUT2D eigenvalue weighted by molar-refractivity contribution is 5.92. The molecule has 0 spiro atoms. The lowest BCUT2D eigenvalue weighted by Crippen LogP contribution is -2.42. The molecule has 0 aliphatic heterocycles. The summed E-state index contributed by atoms with van der Waals surface area (Å²) in [5, 5.41) is 0. The molecule has 0 heterocycles. The number of methoxy groups -OCH3 is 1. The smallest absolute Gasteiger partial charge is 0.146 e. The Bertz CT molecular complexity index is 729. The number of rotatable bonds is 3. The Morgan fingerprint density at radius 2 is 2.25 bits per heavy atom. The zero-order valence-electron chi connectivity index (χ0n) is 14.7. The number of hydrogen-bond donors (Lipinski definition) is 0. The third-order valence-electron chi connectivity index (χ3n) is 6.84. The number of carbonyl (C=O) groups is 1. The number of hydrogen-bond acceptors (Lipinski definition) is 2. The van der Waals surface area contributed by atoms with Crippen LogP contribution in [0.5, 0.6) is 5.75 Å². The quantitative estimate of drug-likeness (QED) is 0.744. The highest BCUT2D eigenvalue weighted by Gasteiger charge is 2.53. The summed E-state index contributed by atoms with van der Waals surface area (Å²) in [7, 11) is 1.73. The summed E-state index contributed by atoms with van der Waals surface area (Å²) in [4.78, 5) is 12.7. The number of carbonyl (C=O) groups excluding carboxylic acids is 1. The van der Waals surface area contributed by atoms with Gasteiger partial charge in [-0.3, -0.25) is 4.79 Å². The number of fused-ring (bicyclic) bond motifs is 5. The minimum absolute atomic E-state index is 0.174. The molecule has 4 atom stereocenters. The maximum Gasteiger partial charge on any atom is 0.146 e. The Kier molecular flexibility index (Phi) is 3.67. The van der Waals surface area contributed by atoms with Crippen LogP contribution in [0, 0.1) is 17.3 Å². The molecular formula is C22H26O2. The lowest BCUT2D eigenvalue weighted by atomic mass is 9.54. The summed E-state index contributed by atoms with van der Waals surface area (Å²) in [6, 6.07) is 6.53. The molecule has 0 radical (unpaired) electrons. The second-order valence-electron chi connectivity index (χ2n) is 7.56. The Morgan fingerprint density at radius 3 is 2.96 bits per heavy atom. The Hall–Kier alpha value is -1.83. The first-order valence-electron chi connectivity index (χ1n) is 9.17. The van der Waals surface area contributed by atoms with Crippen LogP contribution in [-0.4, -0.2) is 12.9 Å². The van der Waals surface area contributed by atoms with Crippen molar-refractivity contribution in [2.75, 3.05) is 7.11 Å². The average Bonchev–Trinajstić information content (AvgIpc) is 2.97. The zero-order chi connectivity index (χ0) is 16.9. The van der Waals surface area contributed by atoms with Crippen LogP contribution in [0.3, 0.4) is 0 Å². The van der Waals surface area contributed by atoms with Gasteiger partial charge in [-0.15, -0.1) is 6.58 Å². The van der Waals surface area contributed by atoms with Crippen molar-refractivity contribution in [1.82, 2.24) is 0 Å². The summed E-state index contributed by atoms with van der Waals surface area (Å²) >= 11 is 0. The number of ether oxygens (including phenoxy) is 1. The molecule has 1 aromatic carbocycles. The van der Waals surface area contributed by atoms with Crippen molar-refractivity contribution in [3.63, 3.8) is 0 Å². The van der Waals surface area contributed by atoms with Crippen LogP contribution in [-0.2, 0) is 11.2 Å². The van der Waals surface area contributed by atoms with Crippen molar-refractivity contribution >= 4 is 5.78 Å². The summed E-state index contributed by atoms with van der Waals surface area (Å²) in [6.45, 7) is 6.31. The monoisotopic (exact) mass is 322 g/mol. The van der Waals surface area contributed by atoms with Crippen LogP contribution in [0.4, 0.5) is 0 Å². The highest BCUT2D eigenvalue weighted by atomic mass is 16.5. The number of Topliss-reactive ketones (excluding diaryl/α,β-unsaturated/α-hetero) is 1. The third kappa shape index (κ3) is 1.98. The second-order valence-corrected chi connectivity index (χ2v) is 7.56. The molecule has 1 aromatic rings. The summed E-state index contributed by atoms with van der Waals surface area (Å²) < 4.78 is 5.42. The summed E-state index contributed by atoms with van der Waals surface area (Å²) in [5.74, 6) is 2.76. The van der Waals surface area contributed by atoms with E-state index in [0.29, 0.717) is 30.0 Å². The van der Waals surface area contributed by atoms with Crippen LogP contribution < -0.4 is 4.74 Å². The molecule has 2 heteroatoms. The molecule has 0 amide bonds. The van der Waals surface area contributed by atoms with Crippen molar-refractivity contribution in [3.05, 3.63) is 53.6 Å². The van der Waals surface area contributed by atoms with Gasteiger partial charge < -0.3 is 4.74 Å². The van der Waals surface area contributed by atoms with Gasteiger partial charge in [0.15, 0.2) is 0 Å². The molecule has 3 aliphatic rings. The normalized spacial score (nSPS) is 34.0. The van der Waals surface area contributed by atoms with E-state index in [-0.39, 0.29) is 5.41 Å². The second kappa shape index (κ2) is 5.61. The summed E-state index contributed by atoms with van der Waals surface area (Å²) in [6.07, 6.45) is 9.06. The van der Waals surface area contributed by atoms with Crippen molar-refractivity contribution < 1.29 is 9.53 Å². The molecule has 24 heavy (non-hydrogen) atoms. The standard InChI is InChI=1S/C22H26O2/c1-4-14-12-15-13-16(24-3)6-7-17(15)18-10-11-22(5-2)19(21(14)18)8-9-20(22)23/h4,6-8,13-14,18,21H,1,5,9-12H2,2-3H3/t14-,18-,21-,22+/m1/s1. The van der Waals surface area contributed by atoms with Crippen LogP contribution in [0.25, 0.3) is 0 Å². The van der Waals surface area contributed by atoms with Crippen molar-refractivity contribution in [2.45, 2.75) is 44.9 Å². The molecule has 0 unspecified atom stereocenters. The van der Waals surface area contributed by atoms with E-state index >= 15 is 0 Å². The van der Waals surface area contributed by atoms with E-state index in [1.54, 1.807) is 7.11 Å². The molecule has 4 rings (SSSR count). The molecule has 126 valence electrons. The molecule has 0 aromatic heterocycles. The first-order valence-corrected chi connectivity index (χ1v) is 9.17. The number of benzene rings is 1. The van der Waals surface area contributed by atoms with Gasteiger partial charge in [-0.2, -0.15) is 0 Å². The van der Waals surface area contributed by atoms with Crippen LogP contribution in [0.15, 0.2) is 42.5 Å². The largest absolute Gasteiger partial charge is 0.497 e. The molecule has 3 aliphatic carbocycles. The minimum atomic E-state index is -0.174. The van der Waals surface area contributed by atoms with Crippen LogP contribution in [0.1, 0.15) is 49.7 Å². The van der Waals surface area contributed by atoms with Crippen molar-refractivity contribution in [1.29, 1.82) is 0 Å². The predicted octanol–water partition coefficient (Wildman–Crippen LogP) is 4.84. The molecule has 1 saturated carbocycles. The first-order chi connectivity index (χ1) is 11.6. The number of ketones is 1. The lowest BCUT2D eigenvalue weighted by Gasteiger charge is -2.49. The van der Waals surface area contributed by atoms with E-state index < -0.39 is 0 Å². The van der Waals surface area contributed by atoms with Gasteiger partial charge in [0.05, 0.1) is 12.5 Å². The molecule has 0 bridgehead atoms. The van der Waals surface area contributed by atoms with E-state index in [2.05, 4.69) is 43.9 Å². The van der Waals surface area contributed by atoms with E-state index in [9.17, 15) is 4.79 Å². The maximum absolute atomic E-state index is 12.7. The van der Waals surface area contributed by atoms with Gasteiger partial charge in [0.2, 0.25) is 0 Å². The number of allylic oxidation sites excluding steroid dienone is 3. The van der Waals surface area contributed by atoms with E-state index in [0.717, 1.165) is 31.4 Å². The molecule has 0 N–H and O–H groups in total. The van der Waals surface area contributed by atoms with Gasteiger partial charge in [-0.1, -0.05) is 30.7 Å². The minimum Gasteiger partial charge on any atom is -0.497 e. The van der Waals surface area contributed by atoms with Gasteiger partial charge in [-0.25, -0.2) is 0 Å². The molecule has 0 saturated heterocycles. The fourth-order valence-electron chi connectivity index (χ4n) is 5.61. The fraction of sp³-hybridized carbons (Fsp3) is 0.500. The predicted molar refractivity (Wildman–Crippen MR) is 96.3 cm³/mol. The van der Waals surface area contributed by atoms with Gasteiger partial charge in [0, 0.05) is 6.42 Å². The zero-order valence-corrected chi connectivity index (χ0v) is 14.7. The van der Waals surface area contributed by atoms with E-state index in [4.69, 9.17) is 4.74 Å². The Balaban J connectivity index is 1.81. The third-order valence-corrected chi connectivity index (χ3v) is 6.84. The van der Waals surface area contributed by atoms with Gasteiger partial charge >= 0.3 is 0 Å². The van der Waals surface area contributed by atoms with Gasteiger partial charge in [0.1, 0.15) is 11.5 Å². The SMILES string of the molecule is C=C[C@@H]1Cc2cc(OC)ccc2[C@H]2CC[C@]3(CC)C(=O)CC=C3[C@H]12. The van der Waals surface area contributed by atoms with E-state index in [1.165, 1.54) is 16.7 Å². The van der Waals surface area contributed by atoms with Crippen molar-refractivity contribution in [3.8, 4) is 5.75 Å². The van der Waals surface area contributed by atoms with Crippen molar-refractivity contribution in [2.24, 2.45) is 17.3 Å². The first kappa shape index (κ1) is 15.7. The van der Waals surface area contributed by atoms with Gasteiger partial charge in [-0.05, 0) is 66.7 Å². The lowest BCUT2D eigenvalue weighted by molar-refractivity contribution is -0.126. The maximum atomic E-state index is 12.7. The molecule has 1 fully saturated rings.